The van der Waals surface area contributed by atoms with Crippen molar-refractivity contribution >= 4 is 5.78 Å². The van der Waals surface area contributed by atoms with Crippen molar-refractivity contribution in [3.63, 3.8) is 0 Å². The average molecular weight is 333 g/mol. The number of hydrogen-bond donors (Lipinski definition) is 2. The molecule has 0 aromatic heterocycles. The smallest absolute Gasteiger partial charge is 0.137 e. The number of carbonyl (C=O) groups is 1. The molecule has 0 saturated carbocycles. The molecule has 0 aliphatic carbocycles. The van der Waals surface area contributed by atoms with Crippen LogP contribution in [0.25, 0.3) is 0 Å². The summed E-state index contributed by atoms with van der Waals surface area (Å²) in [6.45, 7) is 5.93. The molecule has 0 amide bonds. The van der Waals surface area contributed by atoms with E-state index in [2.05, 4.69) is 25.8 Å². The first-order valence-corrected chi connectivity index (χ1v) is 9.01. The molecule has 24 heavy (non-hydrogen) atoms. The summed E-state index contributed by atoms with van der Waals surface area (Å²) in [5.41, 5.74) is 3.90. The zero-order chi connectivity index (χ0) is 17.7. The van der Waals surface area contributed by atoms with Crippen LogP contribution >= 0.6 is 0 Å². The lowest BCUT2D eigenvalue weighted by atomic mass is 9.87. The molecule has 0 spiro atoms. The Hall–Kier alpha value is -1.23. The van der Waals surface area contributed by atoms with Gasteiger partial charge in [0.1, 0.15) is 5.78 Å². The summed E-state index contributed by atoms with van der Waals surface area (Å²) in [4.78, 5) is 14.9. The maximum atomic E-state index is 12.7. The van der Waals surface area contributed by atoms with Gasteiger partial charge >= 0.3 is 0 Å². The van der Waals surface area contributed by atoms with Crippen molar-refractivity contribution in [2.24, 2.45) is 11.8 Å². The molecule has 1 aliphatic heterocycles. The number of carbonyl (C=O) groups excluding carboxylic acids is 1. The van der Waals surface area contributed by atoms with Crippen molar-refractivity contribution in [1.82, 2.24) is 4.90 Å². The van der Waals surface area contributed by atoms with Crippen LogP contribution in [-0.2, 0) is 30.8 Å². The van der Waals surface area contributed by atoms with Gasteiger partial charge in [-0.2, -0.15) is 0 Å². The average Bonchev–Trinajstić information content (AvgIpc) is 2.55. The van der Waals surface area contributed by atoms with Crippen molar-refractivity contribution in [1.29, 1.82) is 0 Å². The predicted octanol–water partition coefficient (Wildman–Crippen LogP) is 2.32. The van der Waals surface area contributed by atoms with E-state index in [0.29, 0.717) is 18.1 Å². The summed E-state index contributed by atoms with van der Waals surface area (Å²) in [6.07, 6.45) is 3.14. The maximum Gasteiger partial charge on any atom is 0.137 e. The fraction of sp³-hybridized carbons (Fsp3) is 0.650. The summed E-state index contributed by atoms with van der Waals surface area (Å²) >= 11 is 0. The molecule has 4 heteroatoms. The molecule has 1 atom stereocenters. The van der Waals surface area contributed by atoms with Gasteiger partial charge < -0.3 is 15.1 Å². The Morgan fingerprint density at radius 2 is 1.67 bits per heavy atom. The first-order chi connectivity index (χ1) is 11.4. The van der Waals surface area contributed by atoms with Crippen LogP contribution in [0.15, 0.2) is 12.1 Å². The van der Waals surface area contributed by atoms with Crippen LogP contribution in [0.1, 0.15) is 48.9 Å². The van der Waals surface area contributed by atoms with Gasteiger partial charge in [0.25, 0.3) is 0 Å². The van der Waals surface area contributed by atoms with Gasteiger partial charge in [-0.3, -0.25) is 4.79 Å². The first-order valence-electron chi connectivity index (χ1n) is 9.01. The van der Waals surface area contributed by atoms with E-state index in [1.54, 1.807) is 0 Å². The molecule has 0 fully saturated rings. The van der Waals surface area contributed by atoms with Crippen molar-refractivity contribution in [3.05, 3.63) is 34.4 Å². The predicted molar refractivity (Wildman–Crippen MR) is 95.8 cm³/mol. The molecule has 1 aliphatic rings. The van der Waals surface area contributed by atoms with E-state index in [9.17, 15) is 15.0 Å². The minimum Gasteiger partial charge on any atom is -0.392 e. The molecule has 1 unspecified atom stereocenters. The molecule has 4 nitrogen and oxygen atoms in total. The lowest BCUT2D eigenvalue weighted by Crippen LogP contribution is -2.34. The maximum absolute atomic E-state index is 12.7. The van der Waals surface area contributed by atoms with Crippen LogP contribution in [0.5, 0.6) is 0 Å². The van der Waals surface area contributed by atoms with E-state index >= 15 is 0 Å². The molecule has 1 aromatic carbocycles. The number of nitrogens with zero attached hydrogens (tertiary/aromatic N) is 1. The summed E-state index contributed by atoms with van der Waals surface area (Å²) in [5.74, 6) is 0.987. The number of fused-ring (bicyclic) bond motifs is 1. The van der Waals surface area contributed by atoms with E-state index in [1.807, 2.05) is 12.1 Å². The van der Waals surface area contributed by atoms with Gasteiger partial charge in [0.15, 0.2) is 0 Å². The Labute approximate surface area is 145 Å². The van der Waals surface area contributed by atoms with E-state index in [1.165, 1.54) is 5.56 Å². The SMILES string of the molecule is CC(C)CC1CN(C)CCc2cc(CO)c(CO)cc2CCC1=O. The quantitative estimate of drug-likeness (QED) is 0.888. The normalized spacial score (nSPS) is 20.2. The second kappa shape index (κ2) is 8.75. The van der Waals surface area contributed by atoms with Crippen LogP contribution in [-0.4, -0.2) is 41.0 Å². The number of hydrogen-bond acceptors (Lipinski definition) is 4. The number of aryl methyl sites for hydroxylation is 1. The molecule has 2 N–H and O–H groups in total. The highest BCUT2D eigenvalue weighted by Gasteiger charge is 2.23. The topological polar surface area (TPSA) is 60.8 Å². The molecule has 1 heterocycles. The fourth-order valence-electron chi connectivity index (χ4n) is 3.67. The van der Waals surface area contributed by atoms with Crippen molar-refractivity contribution in [2.75, 3.05) is 20.1 Å². The van der Waals surface area contributed by atoms with Gasteiger partial charge in [-0.1, -0.05) is 26.0 Å². The molecular formula is C20H31NO3. The highest BCUT2D eigenvalue weighted by atomic mass is 16.3. The third-order valence-electron chi connectivity index (χ3n) is 5.01. The van der Waals surface area contributed by atoms with Crippen LogP contribution in [0.2, 0.25) is 0 Å². The largest absolute Gasteiger partial charge is 0.392 e. The summed E-state index contributed by atoms with van der Waals surface area (Å²) in [5, 5.41) is 19.0. The zero-order valence-corrected chi connectivity index (χ0v) is 15.2. The van der Waals surface area contributed by atoms with Gasteiger partial charge in [-0.05, 0) is 54.5 Å². The third kappa shape index (κ3) is 4.88. The molecule has 134 valence electrons. The zero-order valence-electron chi connectivity index (χ0n) is 15.2. The van der Waals surface area contributed by atoms with Crippen molar-refractivity contribution in [2.45, 2.75) is 52.7 Å². The number of aliphatic hydroxyl groups is 2. The lowest BCUT2D eigenvalue weighted by molar-refractivity contribution is -0.123. The number of Topliss-reactive ketones (excluding diaryl/α,β-unsaturated/α-hetero) is 1. The minimum atomic E-state index is -0.0764. The Kier molecular flexibility index (Phi) is 6.96. The van der Waals surface area contributed by atoms with Crippen LogP contribution in [0.3, 0.4) is 0 Å². The van der Waals surface area contributed by atoms with E-state index in [-0.39, 0.29) is 19.1 Å². The molecule has 0 radical (unpaired) electrons. The number of benzene rings is 1. The first kappa shape index (κ1) is 19.1. The molecular weight excluding hydrogens is 302 g/mol. The molecule has 2 rings (SSSR count). The molecule has 0 saturated heterocycles. The summed E-state index contributed by atoms with van der Waals surface area (Å²) in [7, 11) is 2.08. The van der Waals surface area contributed by atoms with Gasteiger partial charge in [0, 0.05) is 25.4 Å². The van der Waals surface area contributed by atoms with Crippen LogP contribution < -0.4 is 0 Å². The summed E-state index contributed by atoms with van der Waals surface area (Å²) < 4.78 is 0. The van der Waals surface area contributed by atoms with Gasteiger partial charge in [0.05, 0.1) is 13.2 Å². The van der Waals surface area contributed by atoms with Crippen LogP contribution in [0.4, 0.5) is 0 Å². The van der Waals surface area contributed by atoms with E-state index in [4.69, 9.17) is 0 Å². The Bertz CT molecular complexity index is 568. The monoisotopic (exact) mass is 333 g/mol. The minimum absolute atomic E-state index is 0.0611. The lowest BCUT2D eigenvalue weighted by Gasteiger charge is -2.27. The number of ketones is 1. The highest BCUT2D eigenvalue weighted by Crippen LogP contribution is 2.24. The second-order valence-electron chi connectivity index (χ2n) is 7.51. The number of rotatable bonds is 4. The van der Waals surface area contributed by atoms with Crippen molar-refractivity contribution < 1.29 is 15.0 Å². The van der Waals surface area contributed by atoms with Gasteiger partial charge in [-0.25, -0.2) is 0 Å². The van der Waals surface area contributed by atoms with Gasteiger partial charge in [0.2, 0.25) is 0 Å². The Balaban J connectivity index is 2.28. The standard InChI is InChI=1S/C20H31NO3/c1-14(2)8-17-11-21(3)7-6-16-10-19(13-23)18(12-22)9-15(16)4-5-20(17)24/h9-10,14,17,22-23H,4-8,11-13H2,1-3H3. The number of aliphatic hydroxyl groups excluding tert-OH is 2. The van der Waals surface area contributed by atoms with Crippen molar-refractivity contribution in [3.8, 4) is 0 Å². The third-order valence-corrected chi connectivity index (χ3v) is 5.01. The Morgan fingerprint density at radius 3 is 2.21 bits per heavy atom. The molecule has 0 bridgehead atoms. The second-order valence-corrected chi connectivity index (χ2v) is 7.51. The number of likely N-dealkylation sites (N-methyl/N-ethyl adjacent to an activating group) is 1. The Morgan fingerprint density at radius 1 is 1.08 bits per heavy atom. The fourth-order valence-corrected chi connectivity index (χ4v) is 3.67. The summed E-state index contributed by atoms with van der Waals surface area (Å²) in [6, 6.07) is 3.99. The van der Waals surface area contributed by atoms with Gasteiger partial charge in [-0.15, -0.1) is 0 Å². The highest BCUT2D eigenvalue weighted by molar-refractivity contribution is 5.81. The van der Waals surface area contributed by atoms with E-state index < -0.39 is 0 Å². The van der Waals surface area contributed by atoms with Crippen LogP contribution in [0, 0.1) is 11.8 Å². The molecule has 1 aromatic rings. The van der Waals surface area contributed by atoms with E-state index in [0.717, 1.165) is 49.0 Å².